The van der Waals surface area contributed by atoms with E-state index in [4.69, 9.17) is 17.8 Å². The lowest BCUT2D eigenvalue weighted by Crippen LogP contribution is -2.01. The van der Waals surface area contributed by atoms with Crippen molar-refractivity contribution in [2.75, 3.05) is 6.06 Å². The van der Waals surface area contributed by atoms with Crippen LogP contribution >= 0.6 is 20.6 Å². The summed E-state index contributed by atoms with van der Waals surface area (Å²) in [7, 11) is 7.17. The first kappa shape index (κ1) is 81.9. The minimum absolute atomic E-state index is 0.667. The van der Waals surface area contributed by atoms with Gasteiger partial charge in [0.15, 0.2) is 0 Å². The van der Waals surface area contributed by atoms with Crippen molar-refractivity contribution in [3.05, 3.63) is 492 Å². The van der Waals surface area contributed by atoms with Crippen molar-refractivity contribution in [3.63, 3.8) is 0 Å². The summed E-state index contributed by atoms with van der Waals surface area (Å²) in [5.41, 5.74) is 32.7. The third-order valence-corrected chi connectivity index (χ3v) is 28.3. The van der Waals surface area contributed by atoms with Crippen molar-refractivity contribution in [1.29, 1.82) is 0 Å². The van der Waals surface area contributed by atoms with Crippen molar-refractivity contribution in [1.82, 2.24) is 32.8 Å². The van der Waals surface area contributed by atoms with Crippen molar-refractivity contribution in [2.45, 2.75) is 0 Å². The van der Waals surface area contributed by atoms with Crippen LogP contribution in [0, 0.1) is 0 Å². The van der Waals surface area contributed by atoms with E-state index < -0.39 is 0 Å². The van der Waals surface area contributed by atoms with E-state index >= 15 is 0 Å². The molecule has 8 heterocycles. The molecule has 0 aliphatic carbocycles. The summed E-state index contributed by atoms with van der Waals surface area (Å²) in [5.74, 6) is 0.886. The highest BCUT2D eigenvalue weighted by Crippen LogP contribution is 2.50. The highest BCUT2D eigenvalue weighted by Gasteiger charge is 2.26. The van der Waals surface area contributed by atoms with Crippen LogP contribution in [0.2, 0.25) is 0 Å². The molecule has 7 nitrogen and oxygen atoms in total. The summed E-state index contributed by atoms with van der Waals surface area (Å²) < 4.78 is 14.5. The number of hydrogen-bond acceptors (Lipinski definition) is 3. The van der Waals surface area contributed by atoms with Gasteiger partial charge in [-0.05, 0) is 194 Å². The number of fused-ring (bicyclic) bond motifs is 23. The minimum atomic E-state index is 0.667. The lowest BCUT2D eigenvalue weighted by atomic mass is 9.99. The summed E-state index contributed by atoms with van der Waals surface area (Å²) in [6.45, 7) is 0. The second kappa shape index (κ2) is 34.8. The first-order valence-electron chi connectivity index (χ1n) is 46.6. The average Bonchev–Trinajstić information content (AvgIpc) is 1.54. The van der Waals surface area contributed by atoms with Gasteiger partial charge in [0.2, 0.25) is 0 Å². The summed E-state index contributed by atoms with van der Waals surface area (Å²) >= 11 is 1.87. The van der Waals surface area contributed by atoms with Gasteiger partial charge in [0.25, 0.3) is 0 Å². The van der Waals surface area contributed by atoms with Gasteiger partial charge in [-0.25, -0.2) is 4.98 Å². The molecule has 20 aromatic carbocycles. The molecular weight excluding hydrogens is 1700 g/mol. The SMILES string of the molecule is [B]CP.c1ccc(-c2cc(-n3c4ccccc4c4c5ccccc5c5c6ccccc6sc5c43)nc3c(-c4ccccc4)ccnc23)cc1.c1ccc(-c2ccc(-n3c4ccccc4c4cc(-c5ccc6c7ccccc7n(-c7ccc(-c8ccccc8)cc7)c6c5)ccc43)cc2)cc1.c1ccc2c(c1)c1ccccc1n2-c1ccc(-c2ccc(-n3c4ccccc4c4ccccc43)cc2)cc1. The van der Waals surface area contributed by atoms with Gasteiger partial charge in [-0.1, -0.05) is 364 Å². The molecule has 1 unspecified atom stereocenters. The normalized spacial score (nSPS) is 11.6. The second-order valence-corrected chi connectivity index (χ2v) is 36.3. The second-order valence-electron chi connectivity index (χ2n) is 34.8. The van der Waals surface area contributed by atoms with E-state index in [9.17, 15) is 0 Å². The Bertz CT molecular complexity index is 9230. The molecule has 8 aromatic heterocycles. The van der Waals surface area contributed by atoms with Crippen LogP contribution in [-0.2, 0) is 0 Å². The molecule has 0 aliphatic rings. The van der Waals surface area contributed by atoms with E-state index in [-0.39, 0.29) is 0 Å². The first-order valence-corrected chi connectivity index (χ1v) is 48.2. The molecule has 28 aromatic rings. The average molecular weight is 1780 g/mol. The van der Waals surface area contributed by atoms with Crippen molar-refractivity contribution >= 4 is 179 Å². The Morgan fingerprint density at radius 1 is 0.219 bits per heavy atom. The summed E-state index contributed by atoms with van der Waals surface area (Å²) in [5, 5.41) is 17.8. The molecule has 0 N–H and O–H groups in total. The molecule has 0 amide bonds. The zero-order valence-corrected chi connectivity index (χ0v) is 76.6. The number of benzene rings is 20. The number of rotatable bonds is 11. The van der Waals surface area contributed by atoms with Gasteiger partial charge in [0.1, 0.15) is 5.82 Å². The highest BCUT2D eigenvalue weighted by atomic mass is 32.1. The van der Waals surface area contributed by atoms with E-state index in [1.807, 2.05) is 17.5 Å². The maximum absolute atomic E-state index is 5.53. The third kappa shape index (κ3) is 14.2. The highest BCUT2D eigenvalue weighted by molar-refractivity contribution is 7.27. The third-order valence-electron chi connectivity index (χ3n) is 27.1. The van der Waals surface area contributed by atoms with Crippen molar-refractivity contribution in [2.24, 2.45) is 0 Å². The van der Waals surface area contributed by atoms with Crippen LogP contribution in [0.3, 0.4) is 0 Å². The number of aromatic nitrogens is 7. The zero-order valence-electron chi connectivity index (χ0n) is 74.7. The van der Waals surface area contributed by atoms with E-state index in [2.05, 4.69) is 517 Å². The van der Waals surface area contributed by atoms with Gasteiger partial charge >= 0.3 is 0 Å². The lowest BCUT2D eigenvalue weighted by molar-refractivity contribution is 1.10. The number of pyridine rings is 2. The van der Waals surface area contributed by atoms with Gasteiger partial charge in [0.05, 0.1) is 78.7 Å². The predicted molar refractivity (Wildman–Crippen MR) is 587 cm³/mol. The quantitative estimate of drug-likeness (QED) is 0.0957. The van der Waals surface area contributed by atoms with E-state index in [1.165, 1.54) is 190 Å². The number of nitrogens with zero attached hydrogens (tertiary/aromatic N) is 7. The lowest BCUT2D eigenvalue weighted by Gasteiger charge is -2.15. The van der Waals surface area contributed by atoms with E-state index in [1.54, 1.807) is 0 Å². The monoisotopic (exact) mass is 1780 g/mol. The Morgan fingerprint density at radius 3 is 0.949 bits per heavy atom. The van der Waals surface area contributed by atoms with Crippen molar-refractivity contribution in [3.8, 4) is 95.3 Å². The molecule has 0 saturated heterocycles. The van der Waals surface area contributed by atoms with Crippen LogP contribution in [0.4, 0.5) is 0 Å². The van der Waals surface area contributed by atoms with Gasteiger partial charge in [-0.3, -0.25) is 9.55 Å². The van der Waals surface area contributed by atoms with Crippen LogP contribution in [0.1, 0.15) is 0 Å². The zero-order chi connectivity index (χ0) is 91.0. The molecular formula is C127H85BN7PS. The summed E-state index contributed by atoms with van der Waals surface area (Å²) in [6, 6.07) is 175. The summed E-state index contributed by atoms with van der Waals surface area (Å²) in [4.78, 5) is 10.5. The molecule has 2 radical (unpaired) electrons. The Balaban J connectivity index is 0.000000108. The van der Waals surface area contributed by atoms with E-state index in [0.29, 0.717) is 6.06 Å². The molecule has 0 fully saturated rings. The molecule has 10 heteroatoms. The Labute approximate surface area is 799 Å². The Morgan fingerprint density at radius 2 is 0.518 bits per heavy atom. The number of para-hydroxylation sites is 7. The molecule has 137 heavy (non-hydrogen) atoms. The fourth-order valence-electron chi connectivity index (χ4n) is 21.0. The topological polar surface area (TPSA) is 50.4 Å². The molecule has 1 atom stereocenters. The molecule has 0 saturated carbocycles. The molecule has 0 spiro atoms. The largest absolute Gasteiger partial charge is 0.309 e. The van der Waals surface area contributed by atoms with Crippen LogP contribution in [0.15, 0.2) is 492 Å². The maximum atomic E-state index is 5.53. The molecule has 642 valence electrons. The smallest absolute Gasteiger partial charge is 0.139 e. The summed E-state index contributed by atoms with van der Waals surface area (Å²) in [6.07, 6.45) is 1.91. The maximum Gasteiger partial charge on any atom is 0.139 e. The molecule has 0 aliphatic heterocycles. The standard InChI is InChI=1S/C48H32N2.C42H25N3S.C36H24N2.CH4BP/c1-3-11-33(12-4-1)35-19-25-39(26-20-35)49-46-18-10-8-16-42(46)44-31-37(24-30-47(44)49)38-23-29-43-41-15-7-9-17-45(41)50(48(43)32-38)40-27-21-36(22-28-40)34-13-5-2-6-14-34;1-3-13-26(14-4-1)28-23-24-43-39-33(27-15-5-2-6-16-27)25-36(44-40(28)39)45-34-21-11-9-19-31(34)37-29-17-7-8-18-30(29)38-32-20-10-12-22-35(32)46-42(38)41(37)45;1-5-13-33-29(9-1)30-10-2-6-14-34(30)37(33)27-21-17-25(18-22-27)26-19-23-28(24-20-26)38-35-15-7-3-11-31(35)32-12-4-8-16-36(32)38;2-1-3/h1-32H;1-25H;1-24H;1,3H2. The van der Waals surface area contributed by atoms with Gasteiger partial charge in [-0.15, -0.1) is 20.6 Å². The minimum Gasteiger partial charge on any atom is -0.309 e. The van der Waals surface area contributed by atoms with E-state index in [0.717, 1.165) is 56.0 Å². The van der Waals surface area contributed by atoms with Crippen LogP contribution < -0.4 is 0 Å². The van der Waals surface area contributed by atoms with Gasteiger partial charge in [0, 0.05) is 109 Å². The molecule has 0 bridgehead atoms. The number of thiophene rings is 1. The fraction of sp³-hybridized carbons (Fsp3) is 0.00787. The van der Waals surface area contributed by atoms with Crippen LogP contribution in [-0.4, -0.2) is 46.7 Å². The van der Waals surface area contributed by atoms with Gasteiger partial charge in [-0.2, -0.15) is 0 Å². The number of hydrogen-bond donors (Lipinski definition) is 0. The van der Waals surface area contributed by atoms with Crippen LogP contribution in [0.5, 0.6) is 0 Å². The van der Waals surface area contributed by atoms with Gasteiger partial charge < -0.3 is 18.3 Å². The van der Waals surface area contributed by atoms with Crippen LogP contribution in [0.25, 0.3) is 246 Å². The first-order chi connectivity index (χ1) is 67.9. The Hall–Kier alpha value is -17.1. The van der Waals surface area contributed by atoms with Crippen molar-refractivity contribution < 1.29 is 0 Å². The molecule has 28 rings (SSSR count). The fourth-order valence-corrected chi connectivity index (χ4v) is 22.3. The Kier molecular flexibility index (Phi) is 20.8. The predicted octanol–water partition coefficient (Wildman–Crippen LogP) is 34.0.